The van der Waals surface area contributed by atoms with Crippen LogP contribution in [0.25, 0.3) is 0 Å². The fourth-order valence-electron chi connectivity index (χ4n) is 2.19. The average Bonchev–Trinajstić information content (AvgIpc) is 3.30. The molecule has 0 bridgehead atoms. The summed E-state index contributed by atoms with van der Waals surface area (Å²) in [5, 5.41) is 4.45. The number of benzene rings is 1. The van der Waals surface area contributed by atoms with Crippen LogP contribution in [0, 0.1) is 13.8 Å². The normalized spacial score (nSPS) is 14.2. The number of rotatable bonds is 5. The molecule has 2 aromatic rings. The number of aryl methyl sites for hydroxylation is 1. The number of anilines is 1. The molecule has 1 aromatic heterocycles. The van der Waals surface area contributed by atoms with E-state index in [0.29, 0.717) is 5.92 Å². The van der Waals surface area contributed by atoms with Crippen molar-refractivity contribution >= 4 is 17.6 Å². The first-order valence-corrected chi connectivity index (χ1v) is 8.36. The van der Waals surface area contributed by atoms with Crippen LogP contribution in [-0.4, -0.2) is 16.5 Å². The zero-order valence-corrected chi connectivity index (χ0v) is 13.6. The molecule has 1 aromatic carbocycles. The van der Waals surface area contributed by atoms with E-state index in [2.05, 4.69) is 50.4 Å². The van der Waals surface area contributed by atoms with Gasteiger partial charge in [-0.1, -0.05) is 29.5 Å². The SMILES string of the molecule is CCNc1nc(C2CC2)nc(Sc2ccc(C)cc2)c1C. The second-order valence-corrected chi connectivity index (χ2v) is 6.64. The maximum atomic E-state index is 4.81. The molecule has 0 atom stereocenters. The third-order valence-corrected chi connectivity index (χ3v) is 4.74. The number of nitrogens with one attached hydrogen (secondary N) is 1. The number of hydrogen-bond donors (Lipinski definition) is 1. The van der Waals surface area contributed by atoms with Crippen molar-refractivity contribution < 1.29 is 0 Å². The first-order valence-electron chi connectivity index (χ1n) is 7.54. The molecule has 3 nitrogen and oxygen atoms in total. The topological polar surface area (TPSA) is 37.8 Å². The molecule has 1 N–H and O–H groups in total. The third kappa shape index (κ3) is 3.38. The lowest BCUT2D eigenvalue weighted by molar-refractivity contribution is 0.861. The summed E-state index contributed by atoms with van der Waals surface area (Å²) in [6.45, 7) is 7.20. The van der Waals surface area contributed by atoms with E-state index in [1.165, 1.54) is 23.3 Å². The highest BCUT2D eigenvalue weighted by molar-refractivity contribution is 7.99. The maximum Gasteiger partial charge on any atom is 0.135 e. The molecule has 3 rings (SSSR count). The number of nitrogens with zero attached hydrogens (tertiary/aromatic N) is 2. The van der Waals surface area contributed by atoms with E-state index in [1.807, 2.05) is 0 Å². The van der Waals surface area contributed by atoms with Crippen molar-refractivity contribution in [2.24, 2.45) is 0 Å². The van der Waals surface area contributed by atoms with Crippen molar-refractivity contribution in [1.82, 2.24) is 9.97 Å². The van der Waals surface area contributed by atoms with Crippen LogP contribution < -0.4 is 5.32 Å². The van der Waals surface area contributed by atoms with Crippen LogP contribution in [-0.2, 0) is 0 Å². The minimum Gasteiger partial charge on any atom is -0.370 e. The van der Waals surface area contributed by atoms with Crippen molar-refractivity contribution in [2.45, 2.75) is 49.5 Å². The summed E-state index contributed by atoms with van der Waals surface area (Å²) in [5.41, 5.74) is 2.43. The van der Waals surface area contributed by atoms with Gasteiger partial charge in [-0.05, 0) is 45.7 Å². The zero-order chi connectivity index (χ0) is 14.8. The van der Waals surface area contributed by atoms with E-state index >= 15 is 0 Å². The first-order chi connectivity index (χ1) is 10.2. The largest absolute Gasteiger partial charge is 0.370 e. The van der Waals surface area contributed by atoms with Gasteiger partial charge in [0.05, 0.1) is 0 Å². The Balaban J connectivity index is 1.93. The van der Waals surface area contributed by atoms with Crippen LogP contribution in [0.4, 0.5) is 5.82 Å². The van der Waals surface area contributed by atoms with Crippen LogP contribution in [0.1, 0.15) is 42.6 Å². The van der Waals surface area contributed by atoms with Gasteiger partial charge in [-0.15, -0.1) is 0 Å². The van der Waals surface area contributed by atoms with Crippen molar-refractivity contribution in [3.63, 3.8) is 0 Å². The molecule has 1 heterocycles. The molecule has 0 spiro atoms. The molecule has 21 heavy (non-hydrogen) atoms. The van der Waals surface area contributed by atoms with Gasteiger partial charge in [-0.2, -0.15) is 0 Å². The van der Waals surface area contributed by atoms with Crippen LogP contribution >= 0.6 is 11.8 Å². The number of hydrogen-bond acceptors (Lipinski definition) is 4. The molecule has 0 amide bonds. The van der Waals surface area contributed by atoms with Crippen molar-refractivity contribution in [3.8, 4) is 0 Å². The summed E-state index contributed by atoms with van der Waals surface area (Å²) < 4.78 is 0. The summed E-state index contributed by atoms with van der Waals surface area (Å²) in [4.78, 5) is 10.7. The van der Waals surface area contributed by atoms with Crippen molar-refractivity contribution in [2.75, 3.05) is 11.9 Å². The summed E-state index contributed by atoms with van der Waals surface area (Å²) in [6.07, 6.45) is 2.45. The van der Waals surface area contributed by atoms with Crippen molar-refractivity contribution in [3.05, 3.63) is 41.2 Å². The standard InChI is InChI=1S/C17H21N3S/c1-4-18-15-12(3)17(20-16(19-15)13-7-8-13)21-14-9-5-11(2)6-10-14/h5-6,9-10,13H,4,7-8H2,1-3H3,(H,18,19,20). The molecule has 0 unspecified atom stereocenters. The van der Waals surface area contributed by atoms with E-state index in [-0.39, 0.29) is 0 Å². The van der Waals surface area contributed by atoms with E-state index in [9.17, 15) is 0 Å². The monoisotopic (exact) mass is 299 g/mol. The number of aromatic nitrogens is 2. The first kappa shape index (κ1) is 14.4. The summed E-state index contributed by atoms with van der Waals surface area (Å²) in [6, 6.07) is 8.61. The molecule has 1 fully saturated rings. The quantitative estimate of drug-likeness (QED) is 0.822. The van der Waals surface area contributed by atoms with Crippen molar-refractivity contribution in [1.29, 1.82) is 0 Å². The smallest absolute Gasteiger partial charge is 0.135 e. The van der Waals surface area contributed by atoms with Crippen LogP contribution in [0.3, 0.4) is 0 Å². The Morgan fingerprint density at radius 2 is 1.86 bits per heavy atom. The highest BCUT2D eigenvalue weighted by Gasteiger charge is 2.28. The third-order valence-electron chi connectivity index (χ3n) is 3.64. The second kappa shape index (κ2) is 6.06. The minimum absolute atomic E-state index is 0.570. The summed E-state index contributed by atoms with van der Waals surface area (Å²) >= 11 is 1.73. The van der Waals surface area contributed by atoms with E-state index in [4.69, 9.17) is 9.97 Å². The van der Waals surface area contributed by atoms with Gasteiger partial charge in [0.2, 0.25) is 0 Å². The van der Waals surface area contributed by atoms with Gasteiger partial charge in [-0.3, -0.25) is 0 Å². The van der Waals surface area contributed by atoms with Gasteiger partial charge < -0.3 is 5.32 Å². The highest BCUT2D eigenvalue weighted by atomic mass is 32.2. The van der Waals surface area contributed by atoms with Crippen LogP contribution in [0.5, 0.6) is 0 Å². The fraction of sp³-hybridized carbons (Fsp3) is 0.412. The Hall–Kier alpha value is -1.55. The van der Waals surface area contributed by atoms with Crippen LogP contribution in [0.2, 0.25) is 0 Å². The van der Waals surface area contributed by atoms with E-state index < -0.39 is 0 Å². The molecule has 1 aliphatic carbocycles. The van der Waals surface area contributed by atoms with Gasteiger partial charge in [0.1, 0.15) is 16.7 Å². The lowest BCUT2D eigenvalue weighted by Gasteiger charge is -2.13. The summed E-state index contributed by atoms with van der Waals surface area (Å²) in [7, 11) is 0. The predicted octanol–water partition coefficient (Wildman–Crippen LogP) is 4.55. The van der Waals surface area contributed by atoms with Gasteiger partial charge in [-0.25, -0.2) is 9.97 Å². The summed E-state index contributed by atoms with van der Waals surface area (Å²) in [5.74, 6) is 2.57. The Kier molecular flexibility index (Phi) is 4.15. The Bertz CT molecular complexity index is 633. The van der Waals surface area contributed by atoms with Gasteiger partial charge in [0, 0.05) is 22.9 Å². The van der Waals surface area contributed by atoms with E-state index in [0.717, 1.165) is 28.8 Å². The van der Waals surface area contributed by atoms with E-state index in [1.54, 1.807) is 11.8 Å². The molecule has 0 aliphatic heterocycles. The molecule has 0 saturated heterocycles. The highest BCUT2D eigenvalue weighted by Crippen LogP contribution is 2.40. The molecule has 1 aliphatic rings. The average molecular weight is 299 g/mol. The van der Waals surface area contributed by atoms with Crippen LogP contribution in [0.15, 0.2) is 34.2 Å². The lowest BCUT2D eigenvalue weighted by Crippen LogP contribution is -2.07. The Morgan fingerprint density at radius 1 is 1.14 bits per heavy atom. The molecular formula is C17H21N3S. The van der Waals surface area contributed by atoms with Gasteiger partial charge in [0.25, 0.3) is 0 Å². The molecule has 4 heteroatoms. The minimum atomic E-state index is 0.570. The zero-order valence-electron chi connectivity index (χ0n) is 12.8. The lowest BCUT2D eigenvalue weighted by atomic mass is 10.2. The Labute approximate surface area is 130 Å². The van der Waals surface area contributed by atoms with Gasteiger partial charge in [0.15, 0.2) is 0 Å². The fourth-order valence-corrected chi connectivity index (χ4v) is 3.08. The molecule has 1 saturated carbocycles. The Morgan fingerprint density at radius 3 is 2.48 bits per heavy atom. The predicted molar refractivity (Wildman–Crippen MR) is 88.2 cm³/mol. The molecular weight excluding hydrogens is 278 g/mol. The van der Waals surface area contributed by atoms with Gasteiger partial charge >= 0.3 is 0 Å². The molecule has 110 valence electrons. The second-order valence-electron chi connectivity index (χ2n) is 5.58. The molecule has 0 radical (unpaired) electrons. The maximum absolute atomic E-state index is 4.81.